The summed E-state index contributed by atoms with van der Waals surface area (Å²) in [5.74, 6) is -0.842. The quantitative estimate of drug-likeness (QED) is 0.624. The molecular formula is C27H36N4O3. The Kier molecular flexibility index (Phi) is 8.16. The third-order valence-corrected chi connectivity index (χ3v) is 7.09. The van der Waals surface area contributed by atoms with Crippen LogP contribution in [0.1, 0.15) is 90.2 Å². The Morgan fingerprint density at radius 2 is 1.53 bits per heavy atom. The molecule has 2 heterocycles. The van der Waals surface area contributed by atoms with Crippen molar-refractivity contribution < 1.29 is 9.59 Å². The zero-order chi connectivity index (χ0) is 23.9. The molecule has 182 valence electrons. The van der Waals surface area contributed by atoms with Gasteiger partial charge in [-0.25, -0.2) is 0 Å². The Morgan fingerprint density at radius 1 is 0.912 bits per heavy atom. The van der Waals surface area contributed by atoms with E-state index in [1.54, 1.807) is 12.4 Å². The Labute approximate surface area is 201 Å². The van der Waals surface area contributed by atoms with E-state index in [4.69, 9.17) is 0 Å². The third kappa shape index (κ3) is 5.58. The molecule has 0 radical (unpaired) electrons. The highest BCUT2D eigenvalue weighted by Crippen LogP contribution is 2.29. The van der Waals surface area contributed by atoms with Gasteiger partial charge in [-0.05, 0) is 51.3 Å². The number of carbonyl (C=O) groups excluding carboxylic acids is 2. The van der Waals surface area contributed by atoms with E-state index < -0.39 is 17.2 Å². The van der Waals surface area contributed by atoms with Gasteiger partial charge < -0.3 is 15.2 Å². The van der Waals surface area contributed by atoms with Crippen molar-refractivity contribution in [3.05, 3.63) is 69.6 Å². The lowest BCUT2D eigenvalue weighted by molar-refractivity contribution is 0.0922. The zero-order valence-corrected chi connectivity index (χ0v) is 20.1. The summed E-state index contributed by atoms with van der Waals surface area (Å²) in [6.45, 7) is 4.64. The Hall–Kier alpha value is -2.93. The summed E-state index contributed by atoms with van der Waals surface area (Å²) in [5.41, 5.74) is 0.731. The van der Waals surface area contributed by atoms with Crippen LogP contribution in [0.25, 0.3) is 0 Å². The fourth-order valence-corrected chi connectivity index (χ4v) is 5.24. The van der Waals surface area contributed by atoms with Crippen LogP contribution in [-0.4, -0.2) is 47.5 Å². The SMILES string of the molecule is CCNC(=O)c1cn(C2CCCC2)cc(C(=O)NCC(c2ccccc2)N2CCCCC2)c1=O. The molecule has 2 aliphatic rings. The van der Waals surface area contributed by atoms with Crippen molar-refractivity contribution in [2.45, 2.75) is 64.0 Å². The number of carbonyl (C=O) groups is 2. The second-order valence-corrected chi connectivity index (χ2v) is 9.39. The van der Waals surface area contributed by atoms with Crippen LogP contribution in [0.5, 0.6) is 0 Å². The number of piperidine rings is 1. The third-order valence-electron chi connectivity index (χ3n) is 7.09. The maximum atomic E-state index is 13.3. The lowest BCUT2D eigenvalue weighted by Crippen LogP contribution is -2.42. The summed E-state index contributed by atoms with van der Waals surface area (Å²) < 4.78 is 1.91. The molecule has 7 nitrogen and oxygen atoms in total. The molecule has 1 atom stereocenters. The van der Waals surface area contributed by atoms with Gasteiger partial charge in [0.15, 0.2) is 0 Å². The number of nitrogens with one attached hydrogen (secondary N) is 2. The molecule has 2 N–H and O–H groups in total. The van der Waals surface area contributed by atoms with Gasteiger partial charge in [-0.1, -0.05) is 49.6 Å². The molecule has 1 aliphatic heterocycles. The van der Waals surface area contributed by atoms with Crippen LogP contribution in [0.3, 0.4) is 0 Å². The second-order valence-electron chi connectivity index (χ2n) is 9.39. The highest BCUT2D eigenvalue weighted by atomic mass is 16.2. The smallest absolute Gasteiger partial charge is 0.256 e. The van der Waals surface area contributed by atoms with Crippen LogP contribution in [0, 0.1) is 0 Å². The summed E-state index contributed by atoms with van der Waals surface area (Å²) in [6, 6.07) is 10.5. The van der Waals surface area contributed by atoms with Crippen LogP contribution < -0.4 is 16.1 Å². The molecule has 0 bridgehead atoms. The maximum Gasteiger partial charge on any atom is 0.256 e. The standard InChI is InChI=1S/C27H36N4O3/c1-2-28-26(33)22-18-31(21-13-7-8-14-21)19-23(25(22)32)27(34)29-17-24(20-11-5-3-6-12-20)30-15-9-4-10-16-30/h3,5-6,11-12,18-19,21,24H,2,4,7-10,13-17H2,1H3,(H,28,33)(H,29,34). The minimum Gasteiger partial charge on any atom is -0.352 e. The summed E-state index contributed by atoms with van der Waals surface area (Å²) in [7, 11) is 0. The van der Waals surface area contributed by atoms with Gasteiger partial charge in [-0.3, -0.25) is 19.3 Å². The predicted octanol–water partition coefficient (Wildman–Crippen LogP) is 3.67. The van der Waals surface area contributed by atoms with Crippen molar-refractivity contribution in [2.75, 3.05) is 26.2 Å². The molecule has 1 saturated carbocycles. The van der Waals surface area contributed by atoms with E-state index in [1.807, 2.05) is 29.7 Å². The molecule has 1 unspecified atom stereocenters. The van der Waals surface area contributed by atoms with Gasteiger partial charge in [0.25, 0.3) is 11.8 Å². The number of amides is 2. The average Bonchev–Trinajstić information content (AvgIpc) is 3.41. The monoisotopic (exact) mass is 464 g/mol. The van der Waals surface area contributed by atoms with Crippen molar-refractivity contribution >= 4 is 11.8 Å². The van der Waals surface area contributed by atoms with Gasteiger partial charge in [0.2, 0.25) is 5.43 Å². The first-order valence-corrected chi connectivity index (χ1v) is 12.7. The van der Waals surface area contributed by atoms with Crippen molar-refractivity contribution in [1.29, 1.82) is 0 Å². The fraction of sp³-hybridized carbons (Fsp3) is 0.519. The molecule has 1 aliphatic carbocycles. The van der Waals surface area contributed by atoms with Crippen LogP contribution in [0.15, 0.2) is 47.5 Å². The number of hydrogen-bond donors (Lipinski definition) is 2. The normalized spacial score (nSPS) is 17.9. The first-order chi connectivity index (χ1) is 16.6. The molecular weight excluding hydrogens is 428 g/mol. The van der Waals surface area contributed by atoms with Gasteiger partial charge in [0.1, 0.15) is 11.1 Å². The molecule has 7 heteroatoms. The van der Waals surface area contributed by atoms with Crippen molar-refractivity contribution in [3.63, 3.8) is 0 Å². The molecule has 4 rings (SSSR count). The molecule has 2 amide bonds. The van der Waals surface area contributed by atoms with Crippen LogP contribution >= 0.6 is 0 Å². The summed E-state index contributed by atoms with van der Waals surface area (Å²) in [4.78, 5) is 41.5. The first-order valence-electron chi connectivity index (χ1n) is 12.7. The van der Waals surface area contributed by atoms with E-state index in [2.05, 4.69) is 27.7 Å². The van der Waals surface area contributed by atoms with Crippen LogP contribution in [0.2, 0.25) is 0 Å². The highest BCUT2D eigenvalue weighted by molar-refractivity contribution is 5.99. The number of likely N-dealkylation sites (tertiary alicyclic amines) is 1. The van der Waals surface area contributed by atoms with Crippen molar-refractivity contribution in [1.82, 2.24) is 20.1 Å². The van der Waals surface area contributed by atoms with Crippen LogP contribution in [-0.2, 0) is 0 Å². The van der Waals surface area contributed by atoms with Crippen molar-refractivity contribution in [2.24, 2.45) is 0 Å². The maximum absolute atomic E-state index is 13.3. The minimum atomic E-state index is -0.507. The summed E-state index contributed by atoms with van der Waals surface area (Å²) >= 11 is 0. The Bertz CT molecular complexity index is 1040. The molecule has 1 aromatic carbocycles. The zero-order valence-electron chi connectivity index (χ0n) is 20.1. The molecule has 2 aromatic rings. The van der Waals surface area contributed by atoms with Gasteiger partial charge >= 0.3 is 0 Å². The van der Waals surface area contributed by atoms with Gasteiger partial charge in [-0.15, -0.1) is 0 Å². The summed E-state index contributed by atoms with van der Waals surface area (Å²) in [6.07, 6.45) is 11.0. The van der Waals surface area contributed by atoms with Gasteiger partial charge in [0, 0.05) is 31.5 Å². The number of hydrogen-bond acceptors (Lipinski definition) is 4. The fourth-order valence-electron chi connectivity index (χ4n) is 5.24. The van der Waals surface area contributed by atoms with Crippen molar-refractivity contribution in [3.8, 4) is 0 Å². The molecule has 0 spiro atoms. The van der Waals surface area contributed by atoms with E-state index in [0.29, 0.717) is 13.1 Å². The molecule has 34 heavy (non-hydrogen) atoms. The first kappa shape index (κ1) is 24.2. The number of pyridine rings is 1. The highest BCUT2D eigenvalue weighted by Gasteiger charge is 2.26. The number of aromatic nitrogens is 1. The van der Waals surface area contributed by atoms with Gasteiger partial charge in [-0.2, -0.15) is 0 Å². The van der Waals surface area contributed by atoms with Crippen LogP contribution in [0.4, 0.5) is 0 Å². The average molecular weight is 465 g/mol. The molecule has 1 saturated heterocycles. The Morgan fingerprint density at radius 3 is 2.15 bits per heavy atom. The summed E-state index contributed by atoms with van der Waals surface area (Å²) in [5, 5.41) is 5.74. The van der Waals surface area contributed by atoms with E-state index in [-0.39, 0.29) is 23.2 Å². The topological polar surface area (TPSA) is 83.4 Å². The second kappa shape index (κ2) is 11.5. The van der Waals surface area contributed by atoms with E-state index in [9.17, 15) is 14.4 Å². The predicted molar refractivity (Wildman–Crippen MR) is 133 cm³/mol. The lowest BCUT2D eigenvalue weighted by Gasteiger charge is -2.35. The number of rotatable bonds is 8. The van der Waals surface area contributed by atoms with E-state index in [1.165, 1.54) is 6.42 Å². The Balaban J connectivity index is 1.59. The largest absolute Gasteiger partial charge is 0.352 e. The minimum absolute atomic E-state index is 0.0389. The van der Waals surface area contributed by atoms with E-state index >= 15 is 0 Å². The van der Waals surface area contributed by atoms with E-state index in [0.717, 1.165) is 57.2 Å². The molecule has 2 fully saturated rings. The lowest BCUT2D eigenvalue weighted by atomic mass is 10.0. The van der Waals surface area contributed by atoms with Gasteiger partial charge in [0.05, 0.1) is 6.04 Å². The number of benzene rings is 1. The molecule has 1 aromatic heterocycles. The number of nitrogens with zero attached hydrogens (tertiary/aromatic N) is 2.